The van der Waals surface area contributed by atoms with Crippen LogP contribution < -0.4 is 10.6 Å². The molecule has 7 heteroatoms. The smallest absolute Gasteiger partial charge is 0.301 e. The van der Waals surface area contributed by atoms with Gasteiger partial charge < -0.3 is 9.73 Å². The summed E-state index contributed by atoms with van der Waals surface area (Å²) in [6, 6.07) is 2.04. The number of carbonyl (C=O) groups excluding carboxylic acids is 1. The molecule has 0 spiro atoms. The summed E-state index contributed by atoms with van der Waals surface area (Å²) in [5.74, 6) is -0.289. The predicted molar refractivity (Wildman–Crippen MR) is 108 cm³/mol. The molecule has 29 heavy (non-hydrogen) atoms. The van der Waals surface area contributed by atoms with E-state index < -0.39 is 17.7 Å². The Labute approximate surface area is 170 Å². The number of aromatic nitrogens is 1. The van der Waals surface area contributed by atoms with Crippen LogP contribution in [0.1, 0.15) is 69.3 Å². The molecule has 3 rings (SSSR count). The minimum absolute atomic E-state index is 0.0509. The summed E-state index contributed by atoms with van der Waals surface area (Å²) in [4.78, 5) is 16.9. The van der Waals surface area contributed by atoms with Crippen molar-refractivity contribution in [3.8, 4) is 0 Å². The molecular formula is C22H29F2N3O2. The largest absolute Gasteiger partial charge is 0.428 e. The van der Waals surface area contributed by atoms with Crippen molar-refractivity contribution < 1.29 is 18.0 Å². The zero-order chi connectivity index (χ0) is 21.0. The number of fused-ring (bicyclic) bond motifs is 1. The van der Waals surface area contributed by atoms with E-state index in [-0.39, 0.29) is 23.9 Å². The number of hydrogen-bond acceptors (Lipinski definition) is 4. The molecule has 0 aliphatic heterocycles. The highest BCUT2D eigenvalue weighted by Crippen LogP contribution is 2.26. The van der Waals surface area contributed by atoms with Crippen molar-refractivity contribution in [2.75, 3.05) is 5.32 Å². The van der Waals surface area contributed by atoms with Crippen LogP contribution in [0.15, 0.2) is 22.7 Å². The lowest BCUT2D eigenvalue weighted by molar-refractivity contribution is -0.118. The van der Waals surface area contributed by atoms with Gasteiger partial charge in [0.25, 0.3) is 0 Å². The minimum atomic E-state index is -0.543. The summed E-state index contributed by atoms with van der Waals surface area (Å²) < 4.78 is 33.2. The first-order valence-corrected chi connectivity index (χ1v) is 10.4. The van der Waals surface area contributed by atoms with E-state index in [2.05, 4.69) is 22.5 Å². The fourth-order valence-corrected chi connectivity index (χ4v) is 3.76. The van der Waals surface area contributed by atoms with E-state index in [1.54, 1.807) is 6.20 Å². The molecule has 0 saturated carbocycles. The highest BCUT2D eigenvalue weighted by molar-refractivity contribution is 5.93. The summed E-state index contributed by atoms with van der Waals surface area (Å²) in [5.41, 5.74) is 1.26. The Morgan fingerprint density at radius 1 is 1.34 bits per heavy atom. The van der Waals surface area contributed by atoms with E-state index in [0.29, 0.717) is 24.8 Å². The first-order valence-electron chi connectivity index (χ1n) is 10.4. The summed E-state index contributed by atoms with van der Waals surface area (Å²) in [6.07, 6.45) is 5.77. The molecule has 1 amide bonds. The first-order chi connectivity index (χ1) is 13.9. The summed E-state index contributed by atoms with van der Waals surface area (Å²) in [5, 5.41) is 6.11. The number of amides is 1. The van der Waals surface area contributed by atoms with Gasteiger partial charge in [0.2, 0.25) is 5.91 Å². The highest BCUT2D eigenvalue weighted by atomic mass is 19.1. The summed E-state index contributed by atoms with van der Waals surface area (Å²) >= 11 is 0. The third-order valence-corrected chi connectivity index (χ3v) is 5.65. The fourth-order valence-electron chi connectivity index (χ4n) is 3.76. The molecule has 5 nitrogen and oxygen atoms in total. The van der Waals surface area contributed by atoms with Crippen molar-refractivity contribution in [2.45, 2.75) is 77.3 Å². The van der Waals surface area contributed by atoms with Gasteiger partial charge in [0.15, 0.2) is 0 Å². The second-order valence-corrected chi connectivity index (χ2v) is 7.84. The Morgan fingerprint density at radius 2 is 2.14 bits per heavy atom. The third kappa shape index (κ3) is 5.21. The number of nitrogens with one attached hydrogen (secondary N) is 2. The Kier molecular flexibility index (Phi) is 7.00. The van der Waals surface area contributed by atoms with Crippen molar-refractivity contribution in [3.63, 3.8) is 0 Å². The van der Waals surface area contributed by atoms with E-state index in [9.17, 15) is 13.6 Å². The first kappa shape index (κ1) is 21.4. The van der Waals surface area contributed by atoms with Crippen LogP contribution in [-0.2, 0) is 17.6 Å². The van der Waals surface area contributed by atoms with Crippen LogP contribution >= 0.6 is 0 Å². The molecule has 0 fully saturated rings. The van der Waals surface area contributed by atoms with Crippen LogP contribution in [0.4, 0.5) is 14.8 Å². The Hall–Kier alpha value is -2.28. The fraction of sp³-hybridized carbons (Fsp3) is 0.545. The number of rotatable bonds is 8. The van der Waals surface area contributed by atoms with E-state index in [1.165, 1.54) is 6.07 Å². The van der Waals surface area contributed by atoms with Gasteiger partial charge in [-0.1, -0.05) is 27.2 Å². The van der Waals surface area contributed by atoms with Crippen LogP contribution in [0.3, 0.4) is 0 Å². The molecule has 1 heterocycles. The molecule has 2 unspecified atom stereocenters. The number of nitrogens with zero attached hydrogens (tertiary/aromatic N) is 1. The van der Waals surface area contributed by atoms with E-state index in [1.807, 2.05) is 13.8 Å². The van der Waals surface area contributed by atoms with Gasteiger partial charge in [-0.25, -0.2) is 13.8 Å². The number of benzene rings is 1. The number of carbonyl (C=O) groups is 1. The second kappa shape index (κ2) is 9.48. The molecule has 3 atom stereocenters. The molecule has 1 aliphatic rings. The molecule has 0 bridgehead atoms. The average Bonchev–Trinajstić information content (AvgIpc) is 3.15. The normalized spacial score (nSPS) is 18.2. The third-order valence-electron chi connectivity index (χ3n) is 5.65. The molecule has 158 valence electrons. The molecule has 1 aromatic carbocycles. The van der Waals surface area contributed by atoms with Gasteiger partial charge in [0.1, 0.15) is 17.4 Å². The molecule has 0 radical (unpaired) electrons. The topological polar surface area (TPSA) is 67.2 Å². The van der Waals surface area contributed by atoms with Crippen LogP contribution in [0, 0.1) is 11.6 Å². The summed E-state index contributed by atoms with van der Waals surface area (Å²) in [7, 11) is 0. The maximum absolute atomic E-state index is 14.2. The number of halogens is 2. The maximum Gasteiger partial charge on any atom is 0.301 e. The van der Waals surface area contributed by atoms with Crippen molar-refractivity contribution >= 4 is 11.9 Å². The van der Waals surface area contributed by atoms with E-state index in [4.69, 9.17) is 4.42 Å². The van der Waals surface area contributed by atoms with Crippen LogP contribution in [0.25, 0.3) is 0 Å². The lowest BCUT2D eigenvalue weighted by Gasteiger charge is -2.29. The zero-order valence-electron chi connectivity index (χ0n) is 17.2. The SMILES string of the molecule is CCC[C@H](NC1CCc2cc(F)cc(F)c2C1)C(=O)Nc1ncc(C(C)CC)o1. The van der Waals surface area contributed by atoms with Crippen molar-refractivity contribution in [2.24, 2.45) is 0 Å². The van der Waals surface area contributed by atoms with Crippen LogP contribution in [0.2, 0.25) is 0 Å². The minimum Gasteiger partial charge on any atom is -0.428 e. The Bertz CT molecular complexity index is 853. The van der Waals surface area contributed by atoms with Crippen molar-refractivity contribution in [1.82, 2.24) is 10.3 Å². The zero-order valence-corrected chi connectivity index (χ0v) is 17.2. The molecule has 2 N–H and O–H groups in total. The summed E-state index contributed by atoms with van der Waals surface area (Å²) in [6.45, 7) is 6.11. The van der Waals surface area contributed by atoms with Crippen molar-refractivity contribution in [1.29, 1.82) is 0 Å². The highest BCUT2D eigenvalue weighted by Gasteiger charge is 2.27. The number of oxazole rings is 1. The quantitative estimate of drug-likeness (QED) is 0.667. The molecular weight excluding hydrogens is 376 g/mol. The standard InChI is InChI=1S/C22H29F2N3O2/c1-4-6-19(21(28)27-22-25-12-20(29-22)13(3)5-2)26-16-8-7-14-9-15(23)10-18(24)17(14)11-16/h9-10,12-13,16,19,26H,4-8,11H2,1-3H3,(H,25,27,28)/t13?,16?,19-/m0/s1. The van der Waals surface area contributed by atoms with Gasteiger partial charge in [-0.3, -0.25) is 10.1 Å². The molecule has 2 aromatic rings. The maximum atomic E-state index is 14.2. The van der Waals surface area contributed by atoms with Gasteiger partial charge in [-0.15, -0.1) is 0 Å². The molecule has 1 aromatic heterocycles. The van der Waals surface area contributed by atoms with E-state index in [0.717, 1.165) is 36.7 Å². The molecule has 1 aliphatic carbocycles. The monoisotopic (exact) mass is 405 g/mol. The Balaban J connectivity index is 1.65. The second-order valence-electron chi connectivity index (χ2n) is 7.84. The lowest BCUT2D eigenvalue weighted by atomic mass is 9.87. The van der Waals surface area contributed by atoms with Gasteiger partial charge >= 0.3 is 6.01 Å². The van der Waals surface area contributed by atoms with E-state index >= 15 is 0 Å². The average molecular weight is 405 g/mol. The number of hydrogen-bond donors (Lipinski definition) is 2. The predicted octanol–water partition coefficient (Wildman–Crippen LogP) is 4.72. The van der Waals surface area contributed by atoms with Gasteiger partial charge in [-0.2, -0.15) is 0 Å². The number of anilines is 1. The van der Waals surface area contributed by atoms with Crippen LogP contribution in [-0.4, -0.2) is 23.0 Å². The van der Waals surface area contributed by atoms with Crippen molar-refractivity contribution in [3.05, 3.63) is 46.9 Å². The number of aryl methyl sites for hydroxylation is 1. The van der Waals surface area contributed by atoms with Gasteiger partial charge in [-0.05, 0) is 49.3 Å². The molecule has 0 saturated heterocycles. The lowest BCUT2D eigenvalue weighted by Crippen LogP contribution is -2.48. The Morgan fingerprint density at radius 3 is 2.86 bits per heavy atom. The van der Waals surface area contributed by atoms with Gasteiger partial charge in [0.05, 0.1) is 12.2 Å². The van der Waals surface area contributed by atoms with Crippen LogP contribution in [0.5, 0.6) is 0 Å². The van der Waals surface area contributed by atoms with Gasteiger partial charge in [0, 0.05) is 18.0 Å².